The van der Waals surface area contributed by atoms with Crippen LogP contribution in [0.4, 0.5) is 4.39 Å². The Bertz CT molecular complexity index is 715. The van der Waals surface area contributed by atoms with Crippen molar-refractivity contribution >= 4 is 21.4 Å². The summed E-state index contributed by atoms with van der Waals surface area (Å²) in [6, 6.07) is 7.31. The minimum absolute atomic E-state index is 0.165. The predicted octanol–water partition coefficient (Wildman–Crippen LogP) is 2.73. The van der Waals surface area contributed by atoms with Crippen LogP contribution >= 0.6 is 11.3 Å². The van der Waals surface area contributed by atoms with E-state index >= 15 is 0 Å². The number of nitrogens with zero attached hydrogens (tertiary/aromatic N) is 1. The molecule has 0 bridgehead atoms. The maximum absolute atomic E-state index is 14.0. The third-order valence-electron chi connectivity index (χ3n) is 3.39. The van der Waals surface area contributed by atoms with E-state index in [9.17, 15) is 12.8 Å². The summed E-state index contributed by atoms with van der Waals surface area (Å²) in [7, 11) is -2.44. The van der Waals surface area contributed by atoms with Crippen molar-refractivity contribution in [3.63, 3.8) is 0 Å². The molecule has 1 unspecified atom stereocenters. The van der Waals surface area contributed by atoms with Gasteiger partial charge in [0.05, 0.1) is 6.04 Å². The number of hydrogen-bond acceptors (Lipinski definition) is 4. The molecule has 1 aromatic heterocycles. The SMILES string of the molecule is CC(c1cccs1)N(C)S(=O)(=O)c1ccc(CN)cc1F. The molecule has 114 valence electrons. The fourth-order valence-electron chi connectivity index (χ4n) is 1.95. The first-order valence-corrected chi connectivity index (χ1v) is 8.70. The lowest BCUT2D eigenvalue weighted by molar-refractivity contribution is 0.399. The number of halogens is 1. The highest BCUT2D eigenvalue weighted by atomic mass is 32.2. The van der Waals surface area contributed by atoms with Crippen molar-refractivity contribution in [1.29, 1.82) is 0 Å². The third kappa shape index (κ3) is 3.16. The summed E-state index contributed by atoms with van der Waals surface area (Å²) < 4.78 is 40.3. The summed E-state index contributed by atoms with van der Waals surface area (Å²) >= 11 is 1.46. The molecular weight excluding hydrogens is 311 g/mol. The Hall–Kier alpha value is -1.28. The molecule has 0 aliphatic carbocycles. The van der Waals surface area contributed by atoms with Crippen molar-refractivity contribution in [3.8, 4) is 0 Å². The Balaban J connectivity index is 2.37. The van der Waals surface area contributed by atoms with Crippen LogP contribution in [0, 0.1) is 5.82 Å². The van der Waals surface area contributed by atoms with E-state index < -0.39 is 15.8 Å². The second-order valence-electron chi connectivity index (χ2n) is 4.68. The van der Waals surface area contributed by atoms with Crippen LogP contribution in [-0.2, 0) is 16.6 Å². The molecular formula is C14H17FN2O2S2. The lowest BCUT2D eigenvalue weighted by Crippen LogP contribution is -2.30. The van der Waals surface area contributed by atoms with Crippen LogP contribution in [0.2, 0.25) is 0 Å². The molecule has 21 heavy (non-hydrogen) atoms. The molecule has 0 saturated carbocycles. The van der Waals surface area contributed by atoms with Gasteiger partial charge in [-0.3, -0.25) is 0 Å². The number of thiophene rings is 1. The monoisotopic (exact) mass is 328 g/mol. The third-order valence-corrected chi connectivity index (χ3v) is 6.39. The average Bonchev–Trinajstić information content (AvgIpc) is 2.99. The molecule has 2 N–H and O–H groups in total. The highest BCUT2D eigenvalue weighted by molar-refractivity contribution is 7.89. The first-order valence-electron chi connectivity index (χ1n) is 6.38. The normalized spacial score (nSPS) is 13.6. The van der Waals surface area contributed by atoms with E-state index in [4.69, 9.17) is 5.73 Å². The van der Waals surface area contributed by atoms with E-state index in [0.717, 1.165) is 10.9 Å². The summed E-state index contributed by atoms with van der Waals surface area (Å²) in [5.74, 6) is -0.775. The lowest BCUT2D eigenvalue weighted by atomic mass is 10.2. The predicted molar refractivity (Wildman–Crippen MR) is 82.0 cm³/mol. The second kappa shape index (κ2) is 6.23. The molecule has 0 aliphatic rings. The van der Waals surface area contributed by atoms with E-state index in [-0.39, 0.29) is 17.5 Å². The Labute approximate surface area is 128 Å². The molecule has 0 fully saturated rings. The molecule has 1 atom stereocenters. The van der Waals surface area contributed by atoms with Gasteiger partial charge in [-0.25, -0.2) is 12.8 Å². The van der Waals surface area contributed by atoms with Gasteiger partial charge in [0.2, 0.25) is 10.0 Å². The highest BCUT2D eigenvalue weighted by Gasteiger charge is 2.29. The molecule has 1 aromatic carbocycles. The van der Waals surface area contributed by atoms with Gasteiger partial charge in [0.25, 0.3) is 0 Å². The van der Waals surface area contributed by atoms with Gasteiger partial charge >= 0.3 is 0 Å². The average molecular weight is 328 g/mol. The highest BCUT2D eigenvalue weighted by Crippen LogP contribution is 2.29. The van der Waals surface area contributed by atoms with Crippen LogP contribution in [0.25, 0.3) is 0 Å². The fourth-order valence-corrected chi connectivity index (χ4v) is 4.23. The minimum atomic E-state index is -3.90. The van der Waals surface area contributed by atoms with Crippen molar-refractivity contribution < 1.29 is 12.8 Å². The summed E-state index contributed by atoms with van der Waals surface area (Å²) in [5, 5.41) is 1.88. The zero-order valence-corrected chi connectivity index (χ0v) is 13.4. The standard InChI is InChI=1S/C14H17FN2O2S2/c1-10(13-4-3-7-20-13)17(2)21(18,19)14-6-5-11(9-16)8-12(14)15/h3-8,10H,9,16H2,1-2H3. The van der Waals surface area contributed by atoms with Gasteiger partial charge < -0.3 is 5.73 Å². The van der Waals surface area contributed by atoms with Crippen molar-refractivity contribution in [3.05, 3.63) is 52.0 Å². The summed E-state index contributed by atoms with van der Waals surface area (Å²) in [4.78, 5) is 0.575. The maximum atomic E-state index is 14.0. The molecule has 0 amide bonds. The first kappa shape index (κ1) is 16.1. The van der Waals surface area contributed by atoms with Gasteiger partial charge in [0, 0.05) is 18.5 Å². The molecule has 2 aromatic rings. The number of sulfonamides is 1. The van der Waals surface area contributed by atoms with Crippen LogP contribution in [0.5, 0.6) is 0 Å². The van der Waals surface area contributed by atoms with E-state index in [1.54, 1.807) is 6.92 Å². The molecule has 0 radical (unpaired) electrons. The van der Waals surface area contributed by atoms with Gasteiger partial charge in [0.1, 0.15) is 10.7 Å². The Morgan fingerprint density at radius 2 is 2.10 bits per heavy atom. The Kier molecular flexibility index (Phi) is 4.77. The Morgan fingerprint density at radius 3 is 2.62 bits per heavy atom. The molecule has 2 rings (SSSR count). The van der Waals surface area contributed by atoms with E-state index in [1.165, 1.54) is 34.8 Å². The fraction of sp³-hybridized carbons (Fsp3) is 0.286. The Morgan fingerprint density at radius 1 is 1.38 bits per heavy atom. The molecule has 0 aliphatic heterocycles. The van der Waals surface area contributed by atoms with Crippen LogP contribution in [0.3, 0.4) is 0 Å². The van der Waals surface area contributed by atoms with Crippen LogP contribution in [0.15, 0.2) is 40.6 Å². The van der Waals surface area contributed by atoms with Gasteiger partial charge in [-0.2, -0.15) is 4.31 Å². The number of hydrogen-bond donors (Lipinski definition) is 1. The zero-order chi connectivity index (χ0) is 15.6. The zero-order valence-electron chi connectivity index (χ0n) is 11.8. The lowest BCUT2D eigenvalue weighted by Gasteiger charge is -2.23. The van der Waals surface area contributed by atoms with Gasteiger partial charge in [-0.1, -0.05) is 12.1 Å². The smallest absolute Gasteiger partial charge is 0.246 e. The number of benzene rings is 1. The van der Waals surface area contributed by atoms with Gasteiger partial charge in [-0.05, 0) is 36.1 Å². The van der Waals surface area contributed by atoms with Crippen LogP contribution in [0.1, 0.15) is 23.4 Å². The summed E-state index contributed by atoms with van der Waals surface area (Å²) in [6.07, 6.45) is 0. The molecule has 4 nitrogen and oxygen atoms in total. The molecule has 0 saturated heterocycles. The van der Waals surface area contributed by atoms with E-state index in [1.807, 2.05) is 17.5 Å². The number of nitrogens with two attached hydrogens (primary N) is 1. The molecule has 1 heterocycles. The van der Waals surface area contributed by atoms with Gasteiger partial charge in [-0.15, -0.1) is 11.3 Å². The van der Waals surface area contributed by atoms with E-state index in [2.05, 4.69) is 0 Å². The molecule has 7 heteroatoms. The van der Waals surface area contributed by atoms with Crippen LogP contribution < -0.4 is 5.73 Å². The largest absolute Gasteiger partial charge is 0.326 e. The van der Waals surface area contributed by atoms with Crippen LogP contribution in [-0.4, -0.2) is 19.8 Å². The second-order valence-corrected chi connectivity index (χ2v) is 7.63. The maximum Gasteiger partial charge on any atom is 0.246 e. The topological polar surface area (TPSA) is 63.4 Å². The van der Waals surface area contributed by atoms with Crippen molar-refractivity contribution in [2.45, 2.75) is 24.4 Å². The quantitative estimate of drug-likeness (QED) is 0.918. The van der Waals surface area contributed by atoms with Crippen molar-refractivity contribution in [2.24, 2.45) is 5.73 Å². The number of rotatable bonds is 5. The first-order chi connectivity index (χ1) is 9.87. The van der Waals surface area contributed by atoms with Gasteiger partial charge in [0.15, 0.2) is 0 Å². The van der Waals surface area contributed by atoms with E-state index in [0.29, 0.717) is 5.56 Å². The van der Waals surface area contributed by atoms with Crippen molar-refractivity contribution in [1.82, 2.24) is 4.31 Å². The summed E-state index contributed by atoms with van der Waals surface area (Å²) in [6.45, 7) is 1.94. The molecule has 0 spiro atoms. The minimum Gasteiger partial charge on any atom is -0.326 e. The van der Waals surface area contributed by atoms with Crippen molar-refractivity contribution in [2.75, 3.05) is 7.05 Å². The summed E-state index contributed by atoms with van der Waals surface area (Å²) in [5.41, 5.74) is 5.98.